The number of hydrogen-bond acceptors (Lipinski definition) is 3. The van der Waals surface area contributed by atoms with Crippen LogP contribution in [0.3, 0.4) is 0 Å². The first kappa shape index (κ1) is 9.97. The van der Waals surface area contributed by atoms with E-state index in [0.29, 0.717) is 5.92 Å². The maximum Gasteiger partial charge on any atom is 0.122 e. The molecule has 1 atom stereocenters. The zero-order valence-corrected chi connectivity index (χ0v) is 8.81. The van der Waals surface area contributed by atoms with Gasteiger partial charge in [0.2, 0.25) is 0 Å². The van der Waals surface area contributed by atoms with Gasteiger partial charge in [-0.2, -0.15) is 5.26 Å². The summed E-state index contributed by atoms with van der Waals surface area (Å²) >= 11 is 0. The molecule has 15 heavy (non-hydrogen) atoms. The number of methoxy groups -OCH3 is 1. The molecule has 1 aromatic heterocycles. The fourth-order valence-corrected chi connectivity index (χ4v) is 1.91. The third kappa shape index (κ3) is 1.94. The highest BCUT2D eigenvalue weighted by Crippen LogP contribution is 2.38. The van der Waals surface area contributed by atoms with Gasteiger partial charge in [-0.1, -0.05) is 6.42 Å². The van der Waals surface area contributed by atoms with E-state index < -0.39 is 0 Å². The van der Waals surface area contributed by atoms with Crippen molar-refractivity contribution < 1.29 is 4.74 Å². The predicted molar refractivity (Wildman–Crippen MR) is 56.5 cm³/mol. The molecule has 1 aliphatic carbocycles. The average Bonchev–Trinajstić information content (AvgIpc) is 2.23. The fraction of sp³-hybridized carbons (Fsp3) is 0.500. The van der Waals surface area contributed by atoms with Gasteiger partial charge in [-0.25, -0.2) is 0 Å². The van der Waals surface area contributed by atoms with Crippen molar-refractivity contribution >= 4 is 0 Å². The highest BCUT2D eigenvalue weighted by Gasteiger charge is 2.29. The second-order valence-electron chi connectivity index (χ2n) is 3.92. The molecule has 0 bridgehead atoms. The summed E-state index contributed by atoms with van der Waals surface area (Å²) in [5.41, 5.74) is 0.849. The maximum atomic E-state index is 9.15. The standard InChI is InChI=1S/C12H14N2O/c1-15-10-5-6-14-12(7-10)11(8-13)9-3-2-4-9/h5-7,9,11H,2-4H2,1H3. The van der Waals surface area contributed by atoms with Crippen LogP contribution in [0, 0.1) is 17.2 Å². The van der Waals surface area contributed by atoms with E-state index in [-0.39, 0.29) is 5.92 Å². The van der Waals surface area contributed by atoms with E-state index in [4.69, 9.17) is 10.00 Å². The lowest BCUT2D eigenvalue weighted by Gasteiger charge is -2.29. The molecule has 1 fully saturated rings. The van der Waals surface area contributed by atoms with Gasteiger partial charge in [-0.15, -0.1) is 0 Å². The van der Waals surface area contributed by atoms with Gasteiger partial charge in [0.25, 0.3) is 0 Å². The molecule has 0 aromatic carbocycles. The summed E-state index contributed by atoms with van der Waals surface area (Å²) in [5.74, 6) is 1.21. The quantitative estimate of drug-likeness (QED) is 0.756. The number of nitriles is 1. The Bertz CT molecular complexity index is 379. The first-order valence-electron chi connectivity index (χ1n) is 5.24. The molecule has 2 rings (SSSR count). The Balaban J connectivity index is 2.22. The van der Waals surface area contributed by atoms with Gasteiger partial charge in [0.05, 0.1) is 24.8 Å². The van der Waals surface area contributed by atoms with Crippen molar-refractivity contribution in [2.24, 2.45) is 5.92 Å². The minimum atomic E-state index is -0.0613. The van der Waals surface area contributed by atoms with Crippen LogP contribution in [0.5, 0.6) is 5.75 Å². The molecule has 0 amide bonds. The topological polar surface area (TPSA) is 45.9 Å². The van der Waals surface area contributed by atoms with Crippen molar-refractivity contribution in [1.29, 1.82) is 5.26 Å². The second kappa shape index (κ2) is 4.31. The minimum Gasteiger partial charge on any atom is -0.497 e. The molecule has 1 unspecified atom stereocenters. The van der Waals surface area contributed by atoms with Crippen molar-refractivity contribution in [3.63, 3.8) is 0 Å². The summed E-state index contributed by atoms with van der Waals surface area (Å²) in [4.78, 5) is 4.26. The Morgan fingerprint density at radius 2 is 2.40 bits per heavy atom. The monoisotopic (exact) mass is 202 g/mol. The zero-order valence-electron chi connectivity index (χ0n) is 8.81. The van der Waals surface area contributed by atoms with E-state index >= 15 is 0 Å². The Kier molecular flexibility index (Phi) is 2.86. The van der Waals surface area contributed by atoms with Gasteiger partial charge in [0.15, 0.2) is 0 Å². The number of hydrogen-bond donors (Lipinski definition) is 0. The van der Waals surface area contributed by atoms with Crippen molar-refractivity contribution in [1.82, 2.24) is 4.98 Å². The summed E-state index contributed by atoms with van der Waals surface area (Å²) in [6, 6.07) is 6.03. The van der Waals surface area contributed by atoms with Crippen molar-refractivity contribution in [2.75, 3.05) is 7.11 Å². The zero-order chi connectivity index (χ0) is 10.7. The Labute approximate surface area is 89.7 Å². The summed E-state index contributed by atoms with van der Waals surface area (Å²) in [6.45, 7) is 0. The summed E-state index contributed by atoms with van der Waals surface area (Å²) < 4.78 is 5.13. The van der Waals surface area contributed by atoms with Crippen LogP contribution in [0.4, 0.5) is 0 Å². The fourth-order valence-electron chi connectivity index (χ4n) is 1.91. The van der Waals surface area contributed by atoms with Gasteiger partial charge in [0, 0.05) is 12.3 Å². The summed E-state index contributed by atoms with van der Waals surface area (Å²) in [7, 11) is 1.63. The number of aromatic nitrogens is 1. The molecule has 1 aromatic rings. The van der Waals surface area contributed by atoms with Gasteiger partial charge in [-0.3, -0.25) is 4.98 Å². The lowest BCUT2D eigenvalue weighted by molar-refractivity contribution is 0.288. The van der Waals surface area contributed by atoms with E-state index in [0.717, 1.165) is 24.3 Å². The molecule has 1 aliphatic rings. The van der Waals surface area contributed by atoms with Crippen LogP contribution >= 0.6 is 0 Å². The molecule has 0 saturated heterocycles. The smallest absolute Gasteiger partial charge is 0.122 e. The maximum absolute atomic E-state index is 9.15. The van der Waals surface area contributed by atoms with E-state index in [1.54, 1.807) is 19.4 Å². The highest BCUT2D eigenvalue weighted by atomic mass is 16.5. The number of nitrogens with zero attached hydrogens (tertiary/aromatic N) is 2. The average molecular weight is 202 g/mol. The van der Waals surface area contributed by atoms with E-state index in [1.807, 2.05) is 6.07 Å². The molecule has 3 nitrogen and oxygen atoms in total. The van der Waals surface area contributed by atoms with Crippen molar-refractivity contribution in [2.45, 2.75) is 25.2 Å². The number of rotatable bonds is 3. The molecular weight excluding hydrogens is 188 g/mol. The first-order chi connectivity index (χ1) is 7.35. The van der Waals surface area contributed by atoms with Gasteiger partial charge >= 0.3 is 0 Å². The van der Waals surface area contributed by atoms with Crippen LogP contribution in [-0.2, 0) is 0 Å². The second-order valence-corrected chi connectivity index (χ2v) is 3.92. The van der Waals surface area contributed by atoms with Crippen LogP contribution < -0.4 is 4.74 Å². The predicted octanol–water partition coefficient (Wildman–Crippen LogP) is 2.50. The lowest BCUT2D eigenvalue weighted by atomic mass is 9.75. The Hall–Kier alpha value is -1.56. The van der Waals surface area contributed by atoms with E-state index in [9.17, 15) is 0 Å². The van der Waals surface area contributed by atoms with Crippen LogP contribution in [-0.4, -0.2) is 12.1 Å². The number of pyridine rings is 1. The van der Waals surface area contributed by atoms with Crippen LogP contribution in [0.2, 0.25) is 0 Å². The number of ether oxygens (including phenoxy) is 1. The lowest BCUT2D eigenvalue weighted by Crippen LogP contribution is -2.20. The van der Waals surface area contributed by atoms with Crippen molar-refractivity contribution in [3.8, 4) is 11.8 Å². The first-order valence-corrected chi connectivity index (χ1v) is 5.24. The van der Waals surface area contributed by atoms with Crippen LogP contribution in [0.15, 0.2) is 18.3 Å². The Morgan fingerprint density at radius 3 is 2.93 bits per heavy atom. The SMILES string of the molecule is COc1ccnc(C(C#N)C2CCC2)c1. The van der Waals surface area contributed by atoms with E-state index in [1.165, 1.54) is 6.42 Å². The summed E-state index contributed by atoms with van der Waals surface area (Å²) in [5, 5.41) is 9.15. The van der Waals surface area contributed by atoms with Gasteiger partial charge in [0.1, 0.15) is 5.75 Å². The van der Waals surface area contributed by atoms with Gasteiger partial charge < -0.3 is 4.74 Å². The summed E-state index contributed by atoms with van der Waals surface area (Å²) in [6.07, 6.45) is 5.25. The third-order valence-electron chi connectivity index (χ3n) is 3.07. The third-order valence-corrected chi connectivity index (χ3v) is 3.07. The molecule has 78 valence electrons. The molecule has 3 heteroatoms. The van der Waals surface area contributed by atoms with Crippen LogP contribution in [0.1, 0.15) is 30.9 Å². The van der Waals surface area contributed by atoms with Gasteiger partial charge in [-0.05, 0) is 24.8 Å². The molecule has 0 spiro atoms. The van der Waals surface area contributed by atoms with Crippen molar-refractivity contribution in [3.05, 3.63) is 24.0 Å². The largest absolute Gasteiger partial charge is 0.497 e. The highest BCUT2D eigenvalue weighted by molar-refractivity contribution is 5.28. The molecule has 1 heterocycles. The molecule has 1 saturated carbocycles. The van der Waals surface area contributed by atoms with Crippen LogP contribution in [0.25, 0.3) is 0 Å². The molecule has 0 aliphatic heterocycles. The normalized spacial score (nSPS) is 17.6. The molecular formula is C12H14N2O. The molecule has 0 N–H and O–H groups in total. The minimum absolute atomic E-state index is 0.0613. The van der Waals surface area contributed by atoms with E-state index in [2.05, 4.69) is 11.1 Å². The Morgan fingerprint density at radius 1 is 1.60 bits per heavy atom. The molecule has 0 radical (unpaired) electrons.